The van der Waals surface area contributed by atoms with Crippen LogP contribution in [0.3, 0.4) is 0 Å². The second kappa shape index (κ2) is 8.82. The number of hydrogen-bond donors (Lipinski definition) is 1. The first kappa shape index (κ1) is 20.3. The number of rotatable bonds is 5. The molecule has 0 spiro atoms. The molecule has 0 aliphatic carbocycles. The molecule has 30 heavy (non-hydrogen) atoms. The fraction of sp³-hybridized carbons (Fsp3) is 0.0800. The second-order valence-electron chi connectivity index (χ2n) is 6.77. The number of thiol groups is 1. The summed E-state index contributed by atoms with van der Waals surface area (Å²) in [5, 5.41) is 0.648. The number of hydrogen-bond acceptors (Lipinski definition) is 3. The van der Waals surface area contributed by atoms with Crippen LogP contribution in [0.2, 0.25) is 5.02 Å². The van der Waals surface area contributed by atoms with Crippen molar-refractivity contribution >= 4 is 47.6 Å². The Kier molecular flexibility index (Phi) is 5.98. The van der Waals surface area contributed by atoms with Gasteiger partial charge in [-0.1, -0.05) is 48.0 Å². The summed E-state index contributed by atoms with van der Waals surface area (Å²) in [5.74, 6) is 0.704. The van der Waals surface area contributed by atoms with Crippen LogP contribution in [0, 0.1) is 0 Å². The molecule has 3 nitrogen and oxygen atoms in total. The second-order valence-corrected chi connectivity index (χ2v) is 7.69. The summed E-state index contributed by atoms with van der Waals surface area (Å²) in [4.78, 5) is 15.8. The smallest absolute Gasteiger partial charge is 0.262 e. The molecule has 1 aliphatic heterocycles. The Balaban J connectivity index is 1.77. The molecule has 1 heterocycles. The molecule has 0 atom stereocenters. The summed E-state index contributed by atoms with van der Waals surface area (Å²) < 4.78 is 5.50. The van der Waals surface area contributed by atoms with Gasteiger partial charge in [-0.25, -0.2) is 0 Å². The van der Waals surface area contributed by atoms with Crippen LogP contribution >= 0.6 is 24.2 Å². The average molecular weight is 434 g/mol. The molecule has 0 fully saturated rings. The van der Waals surface area contributed by atoms with Crippen molar-refractivity contribution < 1.29 is 9.53 Å². The molecule has 4 rings (SSSR count). The predicted molar refractivity (Wildman–Crippen MR) is 126 cm³/mol. The molecule has 0 saturated heterocycles. The van der Waals surface area contributed by atoms with E-state index in [4.69, 9.17) is 16.3 Å². The van der Waals surface area contributed by atoms with Crippen molar-refractivity contribution in [3.8, 4) is 5.75 Å². The first-order chi connectivity index (χ1) is 14.6. The maximum Gasteiger partial charge on any atom is 0.262 e. The van der Waals surface area contributed by atoms with Crippen LogP contribution in [-0.2, 0) is 4.79 Å². The third-order valence-electron chi connectivity index (χ3n) is 4.76. The van der Waals surface area contributed by atoms with Crippen LogP contribution in [0.5, 0.6) is 5.75 Å². The van der Waals surface area contributed by atoms with E-state index >= 15 is 0 Å². The summed E-state index contributed by atoms with van der Waals surface area (Å²) in [6.45, 7) is 2.56. The number of nitrogens with zero attached hydrogens (tertiary/aromatic N) is 1. The Morgan fingerprint density at radius 1 is 1.00 bits per heavy atom. The molecular weight excluding hydrogens is 414 g/mol. The first-order valence-corrected chi connectivity index (χ1v) is 10.4. The summed E-state index contributed by atoms with van der Waals surface area (Å²) in [5.41, 5.74) is 3.95. The third-order valence-corrected chi connectivity index (χ3v) is 5.39. The molecule has 0 saturated carbocycles. The van der Waals surface area contributed by atoms with E-state index in [-0.39, 0.29) is 5.91 Å². The monoisotopic (exact) mass is 433 g/mol. The molecule has 0 bridgehead atoms. The van der Waals surface area contributed by atoms with E-state index in [2.05, 4.69) is 12.6 Å². The van der Waals surface area contributed by atoms with Crippen LogP contribution < -0.4 is 9.64 Å². The van der Waals surface area contributed by atoms with Crippen molar-refractivity contribution in [2.75, 3.05) is 11.5 Å². The highest BCUT2D eigenvalue weighted by Crippen LogP contribution is 2.38. The van der Waals surface area contributed by atoms with Gasteiger partial charge >= 0.3 is 0 Å². The number of carbonyl (C=O) groups is 1. The maximum absolute atomic E-state index is 13.4. The predicted octanol–water partition coefficient (Wildman–Crippen LogP) is 6.50. The standard InChI is InChI=1S/C25H20ClNO2S/c1-2-29-21-13-7-17(8-14-21)15-19-16-23(18-9-11-20(26)12-10-18)27(25(19)28)22-5-3-4-6-24(22)30/h3-16,30H,2H2,1H3/b19-15+. The Morgan fingerprint density at radius 3 is 2.37 bits per heavy atom. The Hall–Kier alpha value is -2.95. The lowest BCUT2D eigenvalue weighted by Gasteiger charge is -2.22. The van der Waals surface area contributed by atoms with Crippen LogP contribution in [0.1, 0.15) is 18.1 Å². The van der Waals surface area contributed by atoms with E-state index in [0.29, 0.717) is 17.2 Å². The number of benzene rings is 3. The minimum absolute atomic E-state index is 0.102. The van der Waals surface area contributed by atoms with Gasteiger partial charge < -0.3 is 4.74 Å². The molecule has 0 radical (unpaired) electrons. The van der Waals surface area contributed by atoms with Gasteiger partial charge in [0.15, 0.2) is 0 Å². The highest BCUT2D eigenvalue weighted by molar-refractivity contribution is 7.80. The molecule has 3 aromatic carbocycles. The lowest BCUT2D eigenvalue weighted by molar-refractivity contribution is -0.113. The number of para-hydroxylation sites is 1. The minimum Gasteiger partial charge on any atom is -0.494 e. The molecule has 5 heteroatoms. The fourth-order valence-corrected chi connectivity index (χ4v) is 3.73. The Bertz CT molecular complexity index is 1130. The van der Waals surface area contributed by atoms with Gasteiger partial charge in [0.25, 0.3) is 5.91 Å². The molecular formula is C25H20ClNO2S. The number of ether oxygens (including phenoxy) is 1. The lowest BCUT2D eigenvalue weighted by atomic mass is 10.1. The zero-order chi connectivity index (χ0) is 21.1. The zero-order valence-electron chi connectivity index (χ0n) is 16.4. The van der Waals surface area contributed by atoms with Crippen molar-refractivity contribution in [1.29, 1.82) is 0 Å². The van der Waals surface area contributed by atoms with Crippen LogP contribution in [-0.4, -0.2) is 12.5 Å². The average Bonchev–Trinajstić information content (AvgIpc) is 3.06. The van der Waals surface area contributed by atoms with Crippen molar-refractivity contribution in [3.63, 3.8) is 0 Å². The first-order valence-electron chi connectivity index (χ1n) is 9.61. The van der Waals surface area contributed by atoms with Gasteiger partial charge in [-0.15, -0.1) is 12.6 Å². The zero-order valence-corrected chi connectivity index (χ0v) is 18.0. The van der Waals surface area contributed by atoms with Crippen LogP contribution in [0.4, 0.5) is 5.69 Å². The van der Waals surface area contributed by atoms with Crippen LogP contribution in [0.15, 0.2) is 89.3 Å². The van der Waals surface area contributed by atoms with E-state index in [0.717, 1.165) is 33.2 Å². The van der Waals surface area contributed by atoms with Crippen LogP contribution in [0.25, 0.3) is 11.8 Å². The summed E-state index contributed by atoms with van der Waals surface area (Å²) in [6.07, 6.45) is 3.79. The molecule has 0 unspecified atom stereocenters. The van der Waals surface area contributed by atoms with Gasteiger partial charge in [-0.05, 0) is 66.6 Å². The van der Waals surface area contributed by atoms with E-state index < -0.39 is 0 Å². The van der Waals surface area contributed by atoms with Gasteiger partial charge in [0.1, 0.15) is 5.75 Å². The number of halogens is 1. The number of anilines is 1. The topological polar surface area (TPSA) is 29.5 Å². The van der Waals surface area contributed by atoms with Crippen molar-refractivity contribution in [3.05, 3.63) is 101 Å². The van der Waals surface area contributed by atoms with Gasteiger partial charge in [-0.2, -0.15) is 0 Å². The lowest BCUT2D eigenvalue weighted by Crippen LogP contribution is -2.25. The molecule has 0 N–H and O–H groups in total. The molecule has 0 aromatic heterocycles. The summed E-state index contributed by atoms with van der Waals surface area (Å²) in [7, 11) is 0. The van der Waals surface area contributed by atoms with Crippen molar-refractivity contribution in [1.82, 2.24) is 0 Å². The third kappa shape index (κ3) is 4.16. The quantitative estimate of drug-likeness (QED) is 0.367. The summed E-state index contributed by atoms with van der Waals surface area (Å²) >= 11 is 10.6. The number of carbonyl (C=O) groups excluding carboxylic acids is 1. The Morgan fingerprint density at radius 2 is 1.70 bits per heavy atom. The van der Waals surface area contributed by atoms with E-state index in [9.17, 15) is 4.79 Å². The van der Waals surface area contributed by atoms with E-state index in [1.165, 1.54) is 0 Å². The Labute approximate surface area is 186 Å². The van der Waals surface area contributed by atoms with Crippen molar-refractivity contribution in [2.24, 2.45) is 0 Å². The molecule has 3 aromatic rings. The highest BCUT2D eigenvalue weighted by Gasteiger charge is 2.31. The van der Waals surface area contributed by atoms with Gasteiger partial charge in [-0.3, -0.25) is 9.69 Å². The highest BCUT2D eigenvalue weighted by atomic mass is 35.5. The van der Waals surface area contributed by atoms with Crippen molar-refractivity contribution in [2.45, 2.75) is 11.8 Å². The van der Waals surface area contributed by atoms with Gasteiger partial charge in [0, 0.05) is 15.5 Å². The van der Waals surface area contributed by atoms with Gasteiger partial charge in [0.05, 0.1) is 18.0 Å². The largest absolute Gasteiger partial charge is 0.494 e. The SMILES string of the molecule is CCOc1ccc(/C=C2\C=C(c3ccc(Cl)cc3)N(c3ccccc3S)C2=O)cc1. The maximum atomic E-state index is 13.4. The fourth-order valence-electron chi connectivity index (χ4n) is 3.35. The summed E-state index contributed by atoms with van der Waals surface area (Å²) in [6, 6.07) is 22.7. The normalized spacial score (nSPS) is 14.9. The molecule has 150 valence electrons. The molecule has 1 amide bonds. The van der Waals surface area contributed by atoms with Gasteiger partial charge in [0.2, 0.25) is 0 Å². The van der Waals surface area contributed by atoms with E-state index in [1.54, 1.807) is 4.90 Å². The van der Waals surface area contributed by atoms with E-state index in [1.807, 2.05) is 91.9 Å². The number of amides is 1. The molecule has 1 aliphatic rings. The minimum atomic E-state index is -0.102.